The molecule has 1 aromatic rings. The van der Waals surface area contributed by atoms with Crippen LogP contribution in [0.5, 0.6) is 0 Å². The molecule has 1 aliphatic heterocycles. The summed E-state index contributed by atoms with van der Waals surface area (Å²) in [5.74, 6) is 0.742. The molecule has 22 heavy (non-hydrogen) atoms. The lowest BCUT2D eigenvalue weighted by Gasteiger charge is -2.34. The monoisotopic (exact) mass is 307 g/mol. The van der Waals surface area contributed by atoms with Crippen molar-refractivity contribution >= 4 is 5.96 Å². The Labute approximate surface area is 132 Å². The quantitative estimate of drug-likeness (QED) is 0.670. The molecule has 0 radical (unpaired) electrons. The highest BCUT2D eigenvalue weighted by atomic mass is 19.1. The molecule has 0 atom stereocenters. The van der Waals surface area contributed by atoms with Crippen LogP contribution in [0.2, 0.25) is 0 Å². The Morgan fingerprint density at radius 2 is 2.18 bits per heavy atom. The number of nitrogens with zero attached hydrogens (tertiary/aromatic N) is 2. The second-order valence-corrected chi connectivity index (χ2v) is 5.50. The van der Waals surface area contributed by atoms with Gasteiger partial charge in [0, 0.05) is 33.3 Å². The summed E-state index contributed by atoms with van der Waals surface area (Å²) < 4.78 is 18.8. The molecule has 1 N–H and O–H groups in total. The zero-order valence-corrected chi connectivity index (χ0v) is 13.5. The van der Waals surface area contributed by atoms with Gasteiger partial charge in [0.25, 0.3) is 0 Å². The minimum atomic E-state index is -0.181. The first-order valence-corrected chi connectivity index (χ1v) is 8.04. The van der Waals surface area contributed by atoms with E-state index in [9.17, 15) is 4.39 Å². The van der Waals surface area contributed by atoms with Gasteiger partial charge in [0.05, 0.1) is 6.10 Å². The second kappa shape index (κ2) is 8.73. The van der Waals surface area contributed by atoms with Crippen LogP contribution in [0.25, 0.3) is 0 Å². The molecule has 0 amide bonds. The topological polar surface area (TPSA) is 36.9 Å². The van der Waals surface area contributed by atoms with Crippen molar-refractivity contribution in [2.75, 3.05) is 33.3 Å². The first kappa shape index (κ1) is 16.7. The standard InChI is InChI=1S/C17H26FN3O/c1-3-22-16-8-11-21(12-9-16)17(19-2)20-10-7-14-5-4-6-15(18)13-14/h4-6,13,16H,3,7-12H2,1-2H3,(H,19,20). The van der Waals surface area contributed by atoms with E-state index < -0.39 is 0 Å². The zero-order chi connectivity index (χ0) is 15.8. The van der Waals surface area contributed by atoms with Gasteiger partial charge in [-0.1, -0.05) is 12.1 Å². The van der Waals surface area contributed by atoms with E-state index in [2.05, 4.69) is 15.2 Å². The predicted octanol–water partition coefficient (Wildman–Crippen LogP) is 2.44. The SMILES string of the molecule is CCOC1CCN(C(=NC)NCCc2cccc(F)c2)CC1. The van der Waals surface area contributed by atoms with Crippen LogP contribution in [0.15, 0.2) is 29.3 Å². The Bertz CT molecular complexity index is 485. The second-order valence-electron chi connectivity index (χ2n) is 5.50. The fourth-order valence-electron chi connectivity index (χ4n) is 2.81. The minimum absolute atomic E-state index is 0.181. The van der Waals surface area contributed by atoms with Crippen molar-refractivity contribution in [1.29, 1.82) is 0 Å². The summed E-state index contributed by atoms with van der Waals surface area (Å²) in [4.78, 5) is 6.61. The van der Waals surface area contributed by atoms with Crippen molar-refractivity contribution in [1.82, 2.24) is 10.2 Å². The van der Waals surface area contributed by atoms with Gasteiger partial charge in [-0.2, -0.15) is 0 Å². The normalized spacial score (nSPS) is 16.9. The van der Waals surface area contributed by atoms with Gasteiger partial charge in [-0.3, -0.25) is 4.99 Å². The highest BCUT2D eigenvalue weighted by molar-refractivity contribution is 5.79. The molecule has 0 unspecified atom stereocenters. The molecule has 0 spiro atoms. The van der Waals surface area contributed by atoms with E-state index in [4.69, 9.17) is 4.74 Å². The first-order valence-electron chi connectivity index (χ1n) is 8.04. The summed E-state index contributed by atoms with van der Waals surface area (Å²) in [6.07, 6.45) is 3.25. The summed E-state index contributed by atoms with van der Waals surface area (Å²) in [6.45, 7) is 5.50. The molecule has 4 nitrogen and oxygen atoms in total. The number of hydrogen-bond donors (Lipinski definition) is 1. The van der Waals surface area contributed by atoms with Crippen molar-refractivity contribution in [3.8, 4) is 0 Å². The van der Waals surface area contributed by atoms with E-state index in [1.54, 1.807) is 19.2 Å². The Morgan fingerprint density at radius 1 is 1.41 bits per heavy atom. The molecule has 0 aromatic heterocycles. The van der Waals surface area contributed by atoms with Gasteiger partial charge < -0.3 is 15.0 Å². The largest absolute Gasteiger partial charge is 0.378 e. The van der Waals surface area contributed by atoms with Crippen molar-refractivity contribution in [2.24, 2.45) is 4.99 Å². The van der Waals surface area contributed by atoms with E-state index in [0.717, 1.165) is 57.0 Å². The van der Waals surface area contributed by atoms with E-state index in [1.165, 1.54) is 6.07 Å². The fraction of sp³-hybridized carbons (Fsp3) is 0.588. The smallest absolute Gasteiger partial charge is 0.193 e. The maximum atomic E-state index is 13.1. The lowest BCUT2D eigenvalue weighted by atomic mass is 10.1. The van der Waals surface area contributed by atoms with E-state index in [1.807, 2.05) is 13.0 Å². The predicted molar refractivity (Wildman–Crippen MR) is 87.7 cm³/mol. The van der Waals surface area contributed by atoms with Crippen LogP contribution in [-0.2, 0) is 11.2 Å². The lowest BCUT2D eigenvalue weighted by Crippen LogP contribution is -2.47. The van der Waals surface area contributed by atoms with Gasteiger partial charge in [-0.25, -0.2) is 4.39 Å². The molecule has 0 bridgehead atoms. The van der Waals surface area contributed by atoms with Crippen molar-refractivity contribution in [2.45, 2.75) is 32.3 Å². The molecule has 1 fully saturated rings. The van der Waals surface area contributed by atoms with Crippen molar-refractivity contribution in [3.63, 3.8) is 0 Å². The number of aliphatic imine (C=N–C) groups is 1. The van der Waals surface area contributed by atoms with Gasteiger partial charge in [0.15, 0.2) is 5.96 Å². The molecule has 0 saturated carbocycles. The molecular weight excluding hydrogens is 281 g/mol. The third-order valence-corrected chi connectivity index (χ3v) is 3.94. The molecule has 0 aliphatic carbocycles. The van der Waals surface area contributed by atoms with Crippen molar-refractivity contribution < 1.29 is 9.13 Å². The summed E-state index contributed by atoms with van der Waals surface area (Å²) in [5, 5.41) is 3.37. The van der Waals surface area contributed by atoms with Gasteiger partial charge >= 0.3 is 0 Å². The highest BCUT2D eigenvalue weighted by Crippen LogP contribution is 2.13. The average Bonchev–Trinajstić information content (AvgIpc) is 2.53. The van der Waals surface area contributed by atoms with Gasteiger partial charge in [0.2, 0.25) is 0 Å². The van der Waals surface area contributed by atoms with Crippen LogP contribution < -0.4 is 5.32 Å². The molecular formula is C17H26FN3O. The summed E-state index contributed by atoms with van der Waals surface area (Å²) in [6, 6.07) is 6.75. The maximum Gasteiger partial charge on any atom is 0.193 e. The maximum absolute atomic E-state index is 13.1. The third kappa shape index (κ3) is 4.98. The van der Waals surface area contributed by atoms with Crippen molar-refractivity contribution in [3.05, 3.63) is 35.6 Å². The van der Waals surface area contributed by atoms with Crippen LogP contribution in [-0.4, -0.2) is 50.3 Å². The Hall–Kier alpha value is -1.62. The number of guanidine groups is 1. The summed E-state index contributed by atoms with van der Waals surface area (Å²) in [5.41, 5.74) is 0.998. The molecule has 1 aromatic carbocycles. The number of rotatable bonds is 5. The van der Waals surface area contributed by atoms with Gasteiger partial charge in [-0.15, -0.1) is 0 Å². The number of benzene rings is 1. The van der Waals surface area contributed by atoms with E-state index in [0.29, 0.717) is 6.10 Å². The molecule has 1 heterocycles. The average molecular weight is 307 g/mol. The number of piperidine rings is 1. The van der Waals surface area contributed by atoms with Crippen LogP contribution in [0.3, 0.4) is 0 Å². The number of halogens is 1. The van der Waals surface area contributed by atoms with Crippen LogP contribution >= 0.6 is 0 Å². The zero-order valence-electron chi connectivity index (χ0n) is 13.5. The molecule has 1 saturated heterocycles. The molecule has 122 valence electrons. The number of ether oxygens (including phenoxy) is 1. The Kier molecular flexibility index (Phi) is 6.65. The lowest BCUT2D eigenvalue weighted by molar-refractivity contribution is 0.0264. The van der Waals surface area contributed by atoms with Gasteiger partial charge in [0.1, 0.15) is 5.82 Å². The van der Waals surface area contributed by atoms with Crippen LogP contribution in [0.4, 0.5) is 4.39 Å². The molecule has 2 rings (SSSR count). The van der Waals surface area contributed by atoms with Gasteiger partial charge in [-0.05, 0) is 43.9 Å². The van der Waals surface area contributed by atoms with E-state index >= 15 is 0 Å². The highest BCUT2D eigenvalue weighted by Gasteiger charge is 2.21. The number of likely N-dealkylation sites (tertiary alicyclic amines) is 1. The summed E-state index contributed by atoms with van der Waals surface area (Å²) >= 11 is 0. The van der Waals surface area contributed by atoms with E-state index in [-0.39, 0.29) is 5.82 Å². The Balaban J connectivity index is 1.76. The minimum Gasteiger partial charge on any atom is -0.378 e. The summed E-state index contributed by atoms with van der Waals surface area (Å²) in [7, 11) is 1.80. The first-order chi connectivity index (χ1) is 10.7. The fourth-order valence-corrected chi connectivity index (χ4v) is 2.81. The van der Waals surface area contributed by atoms with Crippen LogP contribution in [0, 0.1) is 5.82 Å². The Morgan fingerprint density at radius 3 is 2.82 bits per heavy atom. The number of nitrogens with one attached hydrogen (secondary N) is 1. The molecule has 1 aliphatic rings. The number of hydrogen-bond acceptors (Lipinski definition) is 2. The van der Waals surface area contributed by atoms with Crippen LogP contribution in [0.1, 0.15) is 25.3 Å². The molecule has 5 heteroatoms. The third-order valence-electron chi connectivity index (χ3n) is 3.94.